The molecule has 1 aromatic rings. The number of nitrogens with one attached hydrogen (secondary N) is 2. The van der Waals surface area contributed by atoms with Crippen LogP contribution in [0, 0.1) is 5.92 Å². The summed E-state index contributed by atoms with van der Waals surface area (Å²) in [6, 6.07) is 3.45. The van der Waals surface area contributed by atoms with Gasteiger partial charge in [-0.15, -0.1) is 10.2 Å². The summed E-state index contributed by atoms with van der Waals surface area (Å²) >= 11 is 0. The van der Waals surface area contributed by atoms with Gasteiger partial charge in [-0.2, -0.15) is 0 Å². The first-order valence-corrected chi connectivity index (χ1v) is 6.49. The molecule has 0 saturated heterocycles. The molecule has 0 aliphatic carbocycles. The molecule has 6 nitrogen and oxygen atoms in total. The number of carbonyl (C=O) groups excluding carboxylic acids is 1. The third kappa shape index (κ3) is 6.15. The second-order valence-electron chi connectivity index (χ2n) is 5.14. The Labute approximate surface area is 114 Å². The molecule has 0 fully saturated rings. The molecule has 0 bridgehead atoms. The van der Waals surface area contributed by atoms with Crippen LogP contribution in [0.25, 0.3) is 0 Å². The van der Waals surface area contributed by atoms with Crippen LogP contribution in [0.3, 0.4) is 0 Å². The van der Waals surface area contributed by atoms with E-state index in [1.807, 2.05) is 27.9 Å². The molecule has 1 amide bonds. The normalized spacial score (nSPS) is 10.8. The van der Waals surface area contributed by atoms with E-state index in [1.165, 1.54) is 0 Å². The molecule has 0 saturated carbocycles. The Morgan fingerprint density at radius 3 is 2.58 bits per heavy atom. The van der Waals surface area contributed by atoms with Gasteiger partial charge in [-0.3, -0.25) is 4.79 Å². The first-order valence-electron chi connectivity index (χ1n) is 6.49. The van der Waals surface area contributed by atoms with Crippen LogP contribution in [0.1, 0.15) is 24.3 Å². The summed E-state index contributed by atoms with van der Waals surface area (Å²) in [5, 5.41) is 13.9. The van der Waals surface area contributed by atoms with Crippen molar-refractivity contribution >= 4 is 11.7 Å². The molecule has 0 spiro atoms. The monoisotopic (exact) mass is 265 g/mol. The first kappa shape index (κ1) is 15.4. The lowest BCUT2D eigenvalue weighted by Crippen LogP contribution is -2.28. The zero-order valence-corrected chi connectivity index (χ0v) is 12.1. The van der Waals surface area contributed by atoms with Crippen molar-refractivity contribution in [1.29, 1.82) is 0 Å². The summed E-state index contributed by atoms with van der Waals surface area (Å²) < 4.78 is 0. The minimum Gasteiger partial charge on any atom is -0.367 e. The fourth-order valence-electron chi connectivity index (χ4n) is 1.34. The maximum atomic E-state index is 11.7. The second kappa shape index (κ2) is 7.68. The Balaban J connectivity index is 2.44. The standard InChI is InChI=1S/C13H23N5O/c1-10(2)9-15-13(19)11-5-6-12(17-16-11)14-7-8-18(3)4/h5-6,10H,7-9H2,1-4H3,(H,14,17)(H,15,19). The molecule has 1 aromatic heterocycles. The van der Waals surface area contributed by atoms with Crippen molar-refractivity contribution in [2.75, 3.05) is 39.0 Å². The summed E-state index contributed by atoms with van der Waals surface area (Å²) in [4.78, 5) is 13.8. The second-order valence-corrected chi connectivity index (χ2v) is 5.14. The number of likely N-dealkylation sites (N-methyl/N-ethyl adjacent to an activating group) is 1. The fourth-order valence-corrected chi connectivity index (χ4v) is 1.34. The molecule has 0 unspecified atom stereocenters. The molecule has 0 atom stereocenters. The van der Waals surface area contributed by atoms with Crippen LogP contribution in [0.5, 0.6) is 0 Å². The number of hydrogen-bond acceptors (Lipinski definition) is 5. The molecule has 19 heavy (non-hydrogen) atoms. The summed E-state index contributed by atoms with van der Waals surface area (Å²) in [5.41, 5.74) is 0.346. The lowest BCUT2D eigenvalue weighted by molar-refractivity contribution is 0.0943. The number of rotatable bonds is 7. The van der Waals surface area contributed by atoms with Crippen molar-refractivity contribution in [2.24, 2.45) is 5.92 Å². The zero-order valence-electron chi connectivity index (χ0n) is 12.1. The minimum absolute atomic E-state index is 0.180. The predicted octanol–water partition coefficient (Wildman–Crippen LogP) is 0.836. The zero-order chi connectivity index (χ0) is 14.3. The Kier molecular flexibility index (Phi) is 6.21. The highest BCUT2D eigenvalue weighted by atomic mass is 16.1. The van der Waals surface area contributed by atoms with Crippen LogP contribution in [0.4, 0.5) is 5.82 Å². The highest BCUT2D eigenvalue weighted by Crippen LogP contribution is 2.02. The third-order valence-electron chi connectivity index (χ3n) is 2.43. The van der Waals surface area contributed by atoms with Crippen molar-refractivity contribution in [3.63, 3.8) is 0 Å². The van der Waals surface area contributed by atoms with Gasteiger partial charge in [0.05, 0.1) is 0 Å². The van der Waals surface area contributed by atoms with Crippen molar-refractivity contribution in [2.45, 2.75) is 13.8 Å². The Bertz CT molecular complexity index is 389. The van der Waals surface area contributed by atoms with Gasteiger partial charge in [-0.05, 0) is 32.1 Å². The number of hydrogen-bond donors (Lipinski definition) is 2. The maximum absolute atomic E-state index is 11.7. The van der Waals surface area contributed by atoms with E-state index in [9.17, 15) is 4.79 Å². The molecule has 6 heteroatoms. The van der Waals surface area contributed by atoms with E-state index < -0.39 is 0 Å². The maximum Gasteiger partial charge on any atom is 0.271 e. The largest absolute Gasteiger partial charge is 0.367 e. The van der Waals surface area contributed by atoms with Gasteiger partial charge in [0, 0.05) is 19.6 Å². The number of nitrogens with zero attached hydrogens (tertiary/aromatic N) is 3. The van der Waals surface area contributed by atoms with Crippen LogP contribution in [0.15, 0.2) is 12.1 Å². The number of anilines is 1. The van der Waals surface area contributed by atoms with E-state index in [2.05, 4.69) is 25.7 Å². The molecular formula is C13H23N5O. The van der Waals surface area contributed by atoms with Gasteiger partial charge in [0.2, 0.25) is 0 Å². The number of amides is 1. The topological polar surface area (TPSA) is 70.2 Å². The van der Waals surface area contributed by atoms with Crippen molar-refractivity contribution in [3.05, 3.63) is 17.8 Å². The molecule has 0 aromatic carbocycles. The van der Waals surface area contributed by atoms with E-state index in [0.717, 1.165) is 13.1 Å². The summed E-state index contributed by atoms with van der Waals surface area (Å²) in [7, 11) is 4.02. The molecule has 0 aliphatic rings. The van der Waals surface area contributed by atoms with Gasteiger partial charge < -0.3 is 15.5 Å². The first-order chi connectivity index (χ1) is 8.99. The highest BCUT2D eigenvalue weighted by molar-refractivity contribution is 5.92. The van der Waals surface area contributed by atoms with Crippen LogP contribution >= 0.6 is 0 Å². The van der Waals surface area contributed by atoms with Gasteiger partial charge in [-0.25, -0.2) is 0 Å². The highest BCUT2D eigenvalue weighted by Gasteiger charge is 2.08. The van der Waals surface area contributed by atoms with Gasteiger partial charge in [0.1, 0.15) is 5.82 Å². The Hall–Kier alpha value is -1.69. The molecule has 0 radical (unpaired) electrons. The van der Waals surface area contributed by atoms with Crippen molar-refractivity contribution in [3.8, 4) is 0 Å². The lowest BCUT2D eigenvalue weighted by Gasteiger charge is -2.10. The van der Waals surface area contributed by atoms with E-state index in [-0.39, 0.29) is 5.91 Å². The van der Waals surface area contributed by atoms with Crippen LogP contribution in [-0.2, 0) is 0 Å². The average molecular weight is 265 g/mol. The minimum atomic E-state index is -0.180. The lowest BCUT2D eigenvalue weighted by atomic mass is 10.2. The number of aromatic nitrogens is 2. The predicted molar refractivity (Wildman–Crippen MR) is 76.2 cm³/mol. The quantitative estimate of drug-likeness (QED) is 0.764. The fraction of sp³-hybridized carbons (Fsp3) is 0.615. The van der Waals surface area contributed by atoms with Crippen LogP contribution < -0.4 is 10.6 Å². The Morgan fingerprint density at radius 1 is 1.32 bits per heavy atom. The molecule has 1 heterocycles. The SMILES string of the molecule is CC(C)CNC(=O)c1ccc(NCCN(C)C)nn1. The van der Waals surface area contributed by atoms with Crippen LogP contribution in [-0.4, -0.2) is 54.7 Å². The van der Waals surface area contributed by atoms with Crippen molar-refractivity contribution in [1.82, 2.24) is 20.4 Å². The summed E-state index contributed by atoms with van der Waals surface area (Å²) in [5.74, 6) is 0.923. The van der Waals surface area contributed by atoms with Gasteiger partial charge in [0.25, 0.3) is 5.91 Å². The average Bonchev–Trinajstić information content (AvgIpc) is 2.36. The van der Waals surface area contributed by atoms with Gasteiger partial charge in [-0.1, -0.05) is 13.8 Å². The smallest absolute Gasteiger partial charge is 0.271 e. The van der Waals surface area contributed by atoms with Gasteiger partial charge >= 0.3 is 0 Å². The van der Waals surface area contributed by atoms with E-state index in [1.54, 1.807) is 12.1 Å². The molecule has 1 rings (SSSR count). The molecule has 0 aliphatic heterocycles. The molecule has 106 valence electrons. The van der Waals surface area contributed by atoms with E-state index >= 15 is 0 Å². The third-order valence-corrected chi connectivity index (χ3v) is 2.43. The van der Waals surface area contributed by atoms with E-state index in [4.69, 9.17) is 0 Å². The van der Waals surface area contributed by atoms with Crippen molar-refractivity contribution < 1.29 is 4.79 Å². The molecule has 2 N–H and O–H groups in total. The van der Waals surface area contributed by atoms with E-state index in [0.29, 0.717) is 24.0 Å². The van der Waals surface area contributed by atoms with Gasteiger partial charge in [0.15, 0.2) is 5.69 Å². The Morgan fingerprint density at radius 2 is 2.05 bits per heavy atom. The summed E-state index contributed by atoms with van der Waals surface area (Å²) in [6.07, 6.45) is 0. The van der Waals surface area contributed by atoms with Crippen LogP contribution in [0.2, 0.25) is 0 Å². The number of carbonyl (C=O) groups is 1. The molecular weight excluding hydrogens is 242 g/mol. The summed E-state index contributed by atoms with van der Waals surface area (Å²) in [6.45, 7) is 6.44.